The summed E-state index contributed by atoms with van der Waals surface area (Å²) in [4.78, 5) is 32.0. The van der Waals surface area contributed by atoms with Gasteiger partial charge in [-0.2, -0.15) is 0 Å². The molecule has 0 saturated carbocycles. The van der Waals surface area contributed by atoms with Crippen molar-refractivity contribution in [1.82, 2.24) is 9.55 Å². The van der Waals surface area contributed by atoms with E-state index in [1.165, 1.54) is 6.34 Å². The van der Waals surface area contributed by atoms with Gasteiger partial charge in [-0.15, -0.1) is 0 Å². The van der Waals surface area contributed by atoms with E-state index in [9.17, 15) is 9.59 Å². The molecule has 0 amide bonds. The zero-order valence-electron chi connectivity index (χ0n) is 13.7. The minimum atomic E-state index is -0.343. The van der Waals surface area contributed by atoms with Crippen molar-refractivity contribution in [2.45, 2.75) is 19.9 Å². The van der Waals surface area contributed by atoms with Gasteiger partial charge in [-0.25, -0.2) is 9.78 Å². The quantitative estimate of drug-likeness (QED) is 0.774. The van der Waals surface area contributed by atoms with Gasteiger partial charge in [-0.1, -0.05) is 15.9 Å². The van der Waals surface area contributed by atoms with Crippen molar-refractivity contribution in [2.24, 2.45) is 4.99 Å². The minimum absolute atomic E-state index is 0.103. The molecular weight excluding hydrogens is 388 g/mol. The summed E-state index contributed by atoms with van der Waals surface area (Å²) in [6, 6.07) is 5.51. The Morgan fingerprint density at radius 1 is 1.40 bits per heavy atom. The van der Waals surface area contributed by atoms with Gasteiger partial charge in [-0.05, 0) is 37.1 Å². The summed E-state index contributed by atoms with van der Waals surface area (Å²) in [7, 11) is 0. The van der Waals surface area contributed by atoms with E-state index in [2.05, 4.69) is 31.2 Å². The Morgan fingerprint density at radius 2 is 2.24 bits per heavy atom. The number of aromatic nitrogens is 2. The highest BCUT2D eigenvalue weighted by atomic mass is 79.9. The maximum Gasteiger partial charge on any atom is 0.338 e. The maximum absolute atomic E-state index is 11.9. The third kappa shape index (κ3) is 3.96. The molecule has 1 aromatic heterocycles. The molecule has 130 valence electrons. The van der Waals surface area contributed by atoms with Gasteiger partial charge >= 0.3 is 5.97 Å². The van der Waals surface area contributed by atoms with Crippen molar-refractivity contribution in [3.05, 3.63) is 45.8 Å². The lowest BCUT2D eigenvalue weighted by Gasteiger charge is -2.10. The van der Waals surface area contributed by atoms with E-state index in [1.54, 1.807) is 19.3 Å². The molecule has 2 heterocycles. The summed E-state index contributed by atoms with van der Waals surface area (Å²) in [6.07, 6.45) is 3.82. The molecule has 3 rings (SSSR count). The first kappa shape index (κ1) is 17.3. The second kappa shape index (κ2) is 7.60. The normalized spacial score (nSPS) is 13.1. The maximum atomic E-state index is 11.9. The summed E-state index contributed by atoms with van der Waals surface area (Å²) in [6.45, 7) is 2.82. The Bertz CT molecular complexity index is 844. The van der Waals surface area contributed by atoms with E-state index < -0.39 is 0 Å². The van der Waals surface area contributed by atoms with Crippen LogP contribution in [0.15, 0.2) is 34.0 Å². The fourth-order valence-electron chi connectivity index (χ4n) is 2.59. The number of aliphatic imine (C=N–C) groups is 1. The molecular formula is C17H17BrN4O3. The van der Waals surface area contributed by atoms with Gasteiger partial charge < -0.3 is 14.6 Å². The van der Waals surface area contributed by atoms with Crippen LogP contribution >= 0.6 is 15.9 Å². The van der Waals surface area contributed by atoms with E-state index in [0.717, 1.165) is 10.0 Å². The number of fused-ring (bicyclic) bond motifs is 1. The van der Waals surface area contributed by atoms with Gasteiger partial charge in [0.25, 0.3) is 0 Å². The van der Waals surface area contributed by atoms with Gasteiger partial charge in [0.2, 0.25) is 5.78 Å². The molecule has 0 saturated heterocycles. The molecule has 8 heteroatoms. The number of benzene rings is 1. The second-order valence-corrected chi connectivity index (χ2v) is 6.41. The van der Waals surface area contributed by atoms with Crippen molar-refractivity contribution in [2.75, 3.05) is 18.5 Å². The topological polar surface area (TPSA) is 85.6 Å². The van der Waals surface area contributed by atoms with Gasteiger partial charge in [0, 0.05) is 11.0 Å². The monoisotopic (exact) mass is 404 g/mol. The van der Waals surface area contributed by atoms with Crippen LogP contribution in [0.3, 0.4) is 0 Å². The van der Waals surface area contributed by atoms with Gasteiger partial charge in [0.05, 0.1) is 24.8 Å². The van der Waals surface area contributed by atoms with Crippen molar-refractivity contribution in [3.63, 3.8) is 0 Å². The number of carbonyl (C=O) groups excluding carboxylic acids is 2. The van der Waals surface area contributed by atoms with Crippen molar-refractivity contribution in [1.29, 1.82) is 0 Å². The number of ether oxygens (including phenoxy) is 1. The largest absolute Gasteiger partial charge is 0.462 e. The molecule has 0 unspecified atom stereocenters. The number of aryl methyl sites for hydroxylation is 2. The average molecular weight is 405 g/mol. The first-order valence-corrected chi connectivity index (χ1v) is 8.67. The van der Waals surface area contributed by atoms with Gasteiger partial charge in [0.15, 0.2) is 5.69 Å². The molecule has 0 aliphatic carbocycles. The van der Waals surface area contributed by atoms with Gasteiger partial charge in [0.1, 0.15) is 12.4 Å². The first-order chi connectivity index (χ1) is 12.1. The molecule has 0 radical (unpaired) electrons. The molecule has 1 aliphatic rings. The molecule has 0 fully saturated rings. The fourth-order valence-corrected chi connectivity index (χ4v) is 3.13. The van der Waals surface area contributed by atoms with Crippen molar-refractivity contribution >= 4 is 39.8 Å². The van der Waals surface area contributed by atoms with Crippen LogP contribution < -0.4 is 5.32 Å². The van der Waals surface area contributed by atoms with E-state index in [-0.39, 0.29) is 18.3 Å². The van der Waals surface area contributed by atoms with E-state index in [1.807, 2.05) is 16.7 Å². The van der Waals surface area contributed by atoms with E-state index >= 15 is 0 Å². The van der Waals surface area contributed by atoms with Crippen LogP contribution in [0.4, 0.5) is 5.82 Å². The van der Waals surface area contributed by atoms with E-state index in [0.29, 0.717) is 36.6 Å². The highest BCUT2D eigenvalue weighted by Gasteiger charge is 2.19. The molecule has 1 N–H and O–H groups in total. The number of hydrogen-bond acceptors (Lipinski definition) is 6. The van der Waals surface area contributed by atoms with Gasteiger partial charge in [-0.3, -0.25) is 9.79 Å². The molecule has 0 bridgehead atoms. The minimum Gasteiger partial charge on any atom is -0.462 e. The van der Waals surface area contributed by atoms with Crippen molar-refractivity contribution < 1.29 is 14.3 Å². The number of carbonyl (C=O) groups is 2. The molecule has 2 aromatic rings. The molecule has 7 nitrogen and oxygen atoms in total. The number of Topliss-reactive ketones (excluding diaryl/α,β-unsaturated/α-hetero) is 1. The number of anilines is 1. The predicted molar refractivity (Wildman–Crippen MR) is 97.3 cm³/mol. The summed E-state index contributed by atoms with van der Waals surface area (Å²) < 4.78 is 7.74. The van der Waals surface area contributed by atoms with Crippen LogP contribution in [0.2, 0.25) is 0 Å². The first-order valence-electron chi connectivity index (χ1n) is 7.88. The Morgan fingerprint density at radius 3 is 3.04 bits per heavy atom. The fraction of sp³-hybridized carbons (Fsp3) is 0.294. The molecule has 0 atom stereocenters. The summed E-state index contributed by atoms with van der Waals surface area (Å²) in [5, 5.41) is 3.00. The lowest BCUT2D eigenvalue weighted by Crippen LogP contribution is -2.09. The number of imidazole rings is 1. The number of ketones is 1. The van der Waals surface area contributed by atoms with Crippen LogP contribution in [0.1, 0.15) is 33.3 Å². The molecule has 1 aromatic carbocycles. The zero-order chi connectivity index (χ0) is 17.8. The highest BCUT2D eigenvalue weighted by Crippen LogP contribution is 2.20. The van der Waals surface area contributed by atoms with Crippen LogP contribution in [0.25, 0.3) is 0 Å². The van der Waals surface area contributed by atoms with Crippen LogP contribution in [-0.2, 0) is 17.7 Å². The number of hydrogen-bond donors (Lipinski definition) is 1. The van der Waals surface area contributed by atoms with E-state index in [4.69, 9.17) is 4.74 Å². The zero-order valence-corrected chi connectivity index (χ0v) is 15.2. The number of rotatable bonds is 5. The summed E-state index contributed by atoms with van der Waals surface area (Å²) in [5.74, 6) is 0.193. The van der Waals surface area contributed by atoms with Crippen molar-refractivity contribution in [3.8, 4) is 0 Å². The molecule has 1 aliphatic heterocycles. The Hall–Kier alpha value is -2.48. The molecule has 0 spiro atoms. The number of esters is 1. The third-order valence-electron chi connectivity index (χ3n) is 3.74. The summed E-state index contributed by atoms with van der Waals surface area (Å²) in [5.41, 5.74) is 1.89. The number of nitrogens with one attached hydrogen (secondary N) is 1. The molecule has 25 heavy (non-hydrogen) atoms. The van der Waals surface area contributed by atoms with Crippen LogP contribution in [-0.4, -0.2) is 40.8 Å². The average Bonchev–Trinajstić information content (AvgIpc) is 2.90. The van der Waals surface area contributed by atoms with Crippen LogP contribution in [0.5, 0.6) is 0 Å². The smallest absolute Gasteiger partial charge is 0.338 e. The van der Waals surface area contributed by atoms with Crippen LogP contribution in [0, 0.1) is 0 Å². The highest BCUT2D eigenvalue weighted by molar-refractivity contribution is 9.10. The SMILES string of the molecule is CCOC(=O)c1cc(Br)cc(CCn2cnc3c2NC=NCC3=O)c1. The number of halogens is 1. The number of nitrogens with zero attached hydrogens (tertiary/aromatic N) is 3. The Labute approximate surface area is 153 Å². The lowest BCUT2D eigenvalue weighted by atomic mass is 10.1. The third-order valence-corrected chi connectivity index (χ3v) is 4.20. The lowest BCUT2D eigenvalue weighted by molar-refractivity contribution is 0.0526. The summed E-state index contributed by atoms with van der Waals surface area (Å²) >= 11 is 3.43. The Balaban J connectivity index is 1.77. The Kier molecular flexibility index (Phi) is 5.28. The second-order valence-electron chi connectivity index (χ2n) is 5.49. The standard InChI is InChI=1S/C17H17BrN4O3/c1-2-25-17(24)12-5-11(6-13(18)7-12)3-4-22-10-21-15-14(23)8-19-9-20-16(15)22/h5-7,9-10H,2-4,8H2,1H3,(H,19,20). The predicted octanol–water partition coefficient (Wildman–Crippen LogP) is 2.70.